The third kappa shape index (κ3) is 4.73. The topological polar surface area (TPSA) is 45.2 Å². The number of aromatic nitrogens is 1. The van der Waals surface area contributed by atoms with Crippen molar-refractivity contribution in [1.82, 2.24) is 15.2 Å². The molecule has 4 nitrogen and oxygen atoms in total. The molecule has 0 aliphatic carbocycles. The summed E-state index contributed by atoms with van der Waals surface area (Å²) in [6.45, 7) is 8.05. The van der Waals surface area contributed by atoms with Crippen LogP contribution in [-0.2, 0) is 6.54 Å². The number of rotatable bonds is 6. The zero-order chi connectivity index (χ0) is 13.4. The van der Waals surface area contributed by atoms with E-state index in [9.17, 15) is 4.79 Å². The van der Waals surface area contributed by atoms with Crippen molar-refractivity contribution in [3.05, 3.63) is 29.6 Å². The maximum Gasteiger partial charge on any atom is 0.317 e. The van der Waals surface area contributed by atoms with Crippen molar-refractivity contribution in [2.45, 2.75) is 40.2 Å². The average Bonchev–Trinajstić information content (AvgIpc) is 2.36. The molecule has 1 aromatic heterocycles. The van der Waals surface area contributed by atoms with Crippen molar-refractivity contribution in [2.75, 3.05) is 13.1 Å². The summed E-state index contributed by atoms with van der Waals surface area (Å²) in [5.74, 6) is 0. The van der Waals surface area contributed by atoms with Crippen LogP contribution < -0.4 is 5.32 Å². The standard InChI is InChI=1S/C14H23N3O/c1-4-6-10-15-14(18)17(5-2)11-13-9-7-8-12(3)16-13/h7-9H,4-6,10-11H2,1-3H3,(H,15,18). The van der Waals surface area contributed by atoms with Gasteiger partial charge in [-0.2, -0.15) is 0 Å². The second kappa shape index (κ2) is 7.69. The summed E-state index contributed by atoms with van der Waals surface area (Å²) in [6.07, 6.45) is 2.11. The van der Waals surface area contributed by atoms with Gasteiger partial charge in [-0.15, -0.1) is 0 Å². The average molecular weight is 249 g/mol. The van der Waals surface area contributed by atoms with Gasteiger partial charge >= 0.3 is 6.03 Å². The summed E-state index contributed by atoms with van der Waals surface area (Å²) >= 11 is 0. The number of pyridine rings is 1. The van der Waals surface area contributed by atoms with E-state index in [1.54, 1.807) is 4.90 Å². The predicted octanol–water partition coefficient (Wildman–Crippen LogP) is 2.72. The summed E-state index contributed by atoms with van der Waals surface area (Å²) in [7, 11) is 0. The molecule has 0 aromatic carbocycles. The highest BCUT2D eigenvalue weighted by Gasteiger charge is 2.11. The summed E-state index contributed by atoms with van der Waals surface area (Å²) in [5.41, 5.74) is 1.91. The molecule has 0 aliphatic heterocycles. The third-order valence-corrected chi connectivity index (χ3v) is 2.77. The zero-order valence-electron chi connectivity index (χ0n) is 11.6. The van der Waals surface area contributed by atoms with Gasteiger partial charge in [0.25, 0.3) is 0 Å². The van der Waals surface area contributed by atoms with Crippen LogP contribution in [0.15, 0.2) is 18.2 Å². The molecule has 1 aromatic rings. The third-order valence-electron chi connectivity index (χ3n) is 2.77. The van der Waals surface area contributed by atoms with Crippen LogP contribution >= 0.6 is 0 Å². The largest absolute Gasteiger partial charge is 0.338 e. The maximum atomic E-state index is 11.9. The van der Waals surface area contributed by atoms with Crippen LogP contribution in [0.2, 0.25) is 0 Å². The molecule has 0 fully saturated rings. The minimum absolute atomic E-state index is 0.00532. The molecule has 0 aliphatic rings. The molecule has 100 valence electrons. The molecule has 1 heterocycles. The number of nitrogens with zero attached hydrogens (tertiary/aromatic N) is 2. The lowest BCUT2D eigenvalue weighted by molar-refractivity contribution is 0.197. The maximum absolute atomic E-state index is 11.9. The van der Waals surface area contributed by atoms with E-state index in [0.717, 1.165) is 30.8 Å². The first-order chi connectivity index (χ1) is 8.67. The molecular weight excluding hydrogens is 226 g/mol. The Kier molecular flexibility index (Phi) is 6.19. The fourth-order valence-electron chi connectivity index (χ4n) is 1.69. The first kappa shape index (κ1) is 14.5. The van der Waals surface area contributed by atoms with Crippen LogP contribution in [-0.4, -0.2) is 29.0 Å². The number of hydrogen-bond donors (Lipinski definition) is 1. The summed E-state index contributed by atoms with van der Waals surface area (Å²) in [6, 6.07) is 5.88. The highest BCUT2D eigenvalue weighted by molar-refractivity contribution is 5.74. The molecule has 1 N–H and O–H groups in total. The first-order valence-electron chi connectivity index (χ1n) is 6.62. The number of carbonyl (C=O) groups is 1. The van der Waals surface area contributed by atoms with Crippen LogP contribution in [0.4, 0.5) is 4.79 Å². The molecular formula is C14H23N3O. The number of hydrogen-bond acceptors (Lipinski definition) is 2. The van der Waals surface area contributed by atoms with E-state index in [1.807, 2.05) is 32.0 Å². The lowest BCUT2D eigenvalue weighted by atomic mass is 10.3. The van der Waals surface area contributed by atoms with Gasteiger partial charge in [0, 0.05) is 18.8 Å². The highest BCUT2D eigenvalue weighted by Crippen LogP contribution is 2.03. The van der Waals surface area contributed by atoms with E-state index in [2.05, 4.69) is 17.2 Å². The molecule has 0 radical (unpaired) electrons. The number of unbranched alkanes of at least 4 members (excludes halogenated alkanes) is 1. The predicted molar refractivity (Wildman–Crippen MR) is 73.4 cm³/mol. The Balaban J connectivity index is 2.53. The van der Waals surface area contributed by atoms with Crippen molar-refractivity contribution in [3.8, 4) is 0 Å². The van der Waals surface area contributed by atoms with E-state index in [0.29, 0.717) is 13.1 Å². The van der Waals surface area contributed by atoms with Crippen LogP contribution in [0.3, 0.4) is 0 Å². The van der Waals surface area contributed by atoms with Gasteiger partial charge in [-0.25, -0.2) is 4.79 Å². The van der Waals surface area contributed by atoms with Crippen molar-refractivity contribution in [2.24, 2.45) is 0 Å². The quantitative estimate of drug-likeness (QED) is 0.788. The Morgan fingerprint density at radius 2 is 2.17 bits per heavy atom. The molecule has 0 saturated carbocycles. The van der Waals surface area contributed by atoms with Gasteiger partial charge in [0.15, 0.2) is 0 Å². The number of urea groups is 1. The Hall–Kier alpha value is -1.58. The Labute approximate surface area is 109 Å². The van der Waals surface area contributed by atoms with Crippen LogP contribution in [0, 0.1) is 6.92 Å². The molecule has 0 bridgehead atoms. The Morgan fingerprint density at radius 1 is 1.39 bits per heavy atom. The second-order valence-electron chi connectivity index (χ2n) is 4.37. The summed E-state index contributed by atoms with van der Waals surface area (Å²) in [5, 5.41) is 2.93. The first-order valence-corrected chi connectivity index (χ1v) is 6.62. The lowest BCUT2D eigenvalue weighted by Gasteiger charge is -2.21. The highest BCUT2D eigenvalue weighted by atomic mass is 16.2. The minimum atomic E-state index is -0.00532. The molecule has 2 amide bonds. The van der Waals surface area contributed by atoms with Gasteiger partial charge < -0.3 is 10.2 Å². The molecule has 0 spiro atoms. The molecule has 18 heavy (non-hydrogen) atoms. The number of amides is 2. The molecule has 0 atom stereocenters. The zero-order valence-corrected chi connectivity index (χ0v) is 11.6. The Morgan fingerprint density at radius 3 is 2.78 bits per heavy atom. The van der Waals surface area contributed by atoms with Crippen molar-refractivity contribution in [1.29, 1.82) is 0 Å². The van der Waals surface area contributed by atoms with Gasteiger partial charge in [0.2, 0.25) is 0 Å². The van der Waals surface area contributed by atoms with Crippen LogP contribution in [0.1, 0.15) is 38.1 Å². The normalized spacial score (nSPS) is 10.2. The number of nitrogens with one attached hydrogen (secondary N) is 1. The SMILES string of the molecule is CCCCNC(=O)N(CC)Cc1cccc(C)n1. The van der Waals surface area contributed by atoms with Gasteiger partial charge in [-0.05, 0) is 32.4 Å². The van der Waals surface area contributed by atoms with E-state index < -0.39 is 0 Å². The van der Waals surface area contributed by atoms with Crippen molar-refractivity contribution >= 4 is 6.03 Å². The smallest absolute Gasteiger partial charge is 0.317 e. The fraction of sp³-hybridized carbons (Fsp3) is 0.571. The van der Waals surface area contributed by atoms with Gasteiger partial charge in [-0.1, -0.05) is 19.4 Å². The van der Waals surface area contributed by atoms with Gasteiger partial charge in [0.1, 0.15) is 0 Å². The molecule has 4 heteroatoms. The summed E-state index contributed by atoms with van der Waals surface area (Å²) < 4.78 is 0. The van der Waals surface area contributed by atoms with E-state index in [1.165, 1.54) is 0 Å². The van der Waals surface area contributed by atoms with Gasteiger partial charge in [-0.3, -0.25) is 4.98 Å². The monoisotopic (exact) mass is 249 g/mol. The number of carbonyl (C=O) groups excluding carboxylic acids is 1. The Bertz CT molecular complexity index is 379. The number of aryl methyl sites for hydroxylation is 1. The molecule has 0 saturated heterocycles. The lowest BCUT2D eigenvalue weighted by Crippen LogP contribution is -2.39. The second-order valence-corrected chi connectivity index (χ2v) is 4.37. The molecule has 1 rings (SSSR count). The van der Waals surface area contributed by atoms with Crippen LogP contribution in [0.25, 0.3) is 0 Å². The van der Waals surface area contributed by atoms with Gasteiger partial charge in [0.05, 0.1) is 12.2 Å². The van der Waals surface area contributed by atoms with E-state index in [4.69, 9.17) is 0 Å². The van der Waals surface area contributed by atoms with Crippen molar-refractivity contribution in [3.63, 3.8) is 0 Å². The van der Waals surface area contributed by atoms with Crippen molar-refractivity contribution < 1.29 is 4.79 Å². The van der Waals surface area contributed by atoms with E-state index in [-0.39, 0.29) is 6.03 Å². The molecule has 0 unspecified atom stereocenters. The minimum Gasteiger partial charge on any atom is -0.338 e. The van der Waals surface area contributed by atoms with Crippen LogP contribution in [0.5, 0.6) is 0 Å². The summed E-state index contributed by atoms with van der Waals surface area (Å²) in [4.78, 5) is 18.1. The fourth-order valence-corrected chi connectivity index (χ4v) is 1.69. The van der Waals surface area contributed by atoms with E-state index >= 15 is 0 Å².